The van der Waals surface area contributed by atoms with Gasteiger partial charge in [-0.05, 0) is 18.9 Å². The Balaban J connectivity index is 1.91. The largest absolute Gasteiger partial charge is 0.389 e. The van der Waals surface area contributed by atoms with Crippen LogP contribution in [0.3, 0.4) is 0 Å². The summed E-state index contributed by atoms with van der Waals surface area (Å²) in [4.78, 5) is 2.56. The highest BCUT2D eigenvalue weighted by Gasteiger charge is 2.35. The fraction of sp³-hybridized carbons (Fsp3) is 0.545. The maximum absolute atomic E-state index is 5.80. The lowest BCUT2D eigenvalue weighted by molar-refractivity contribution is 0.0301. The predicted octanol–water partition coefficient (Wildman–Crippen LogP) is 0.478. The summed E-state index contributed by atoms with van der Waals surface area (Å²) in [5.74, 6) is 0.792. The summed E-state index contributed by atoms with van der Waals surface area (Å²) in [6, 6.07) is 1.82. The van der Waals surface area contributed by atoms with Crippen molar-refractivity contribution in [3.05, 3.63) is 17.8 Å². The van der Waals surface area contributed by atoms with Crippen molar-refractivity contribution in [2.75, 3.05) is 18.0 Å². The van der Waals surface area contributed by atoms with Gasteiger partial charge in [0.25, 0.3) is 0 Å². The summed E-state index contributed by atoms with van der Waals surface area (Å²) in [6.45, 7) is 1.70. The molecule has 2 unspecified atom stereocenters. The van der Waals surface area contributed by atoms with Gasteiger partial charge < -0.3 is 15.4 Å². The van der Waals surface area contributed by atoms with E-state index >= 15 is 0 Å². The van der Waals surface area contributed by atoms with Gasteiger partial charge in [0.15, 0.2) is 5.82 Å². The number of fused-ring (bicyclic) bond motifs is 2. The molecule has 2 aliphatic heterocycles. The summed E-state index contributed by atoms with van der Waals surface area (Å²) in [5.41, 5.74) is 6.51. The number of rotatable bonds is 2. The maximum atomic E-state index is 5.80. The Morgan fingerprint density at radius 1 is 1.41 bits per heavy atom. The van der Waals surface area contributed by atoms with Gasteiger partial charge in [0.2, 0.25) is 0 Å². The van der Waals surface area contributed by atoms with Crippen LogP contribution in [0.1, 0.15) is 18.4 Å². The van der Waals surface area contributed by atoms with Crippen molar-refractivity contribution >= 4 is 23.0 Å². The number of thiocarbonyl (C=S) groups is 1. The molecule has 1 aromatic rings. The SMILES string of the molecule is NC(=S)c1ccnnc1N1CC2CCC(C1)O2. The molecule has 17 heavy (non-hydrogen) atoms. The molecule has 5 nitrogen and oxygen atoms in total. The second kappa shape index (κ2) is 4.19. The van der Waals surface area contributed by atoms with E-state index in [1.807, 2.05) is 6.07 Å². The third-order valence-electron chi connectivity index (χ3n) is 3.31. The molecule has 2 aliphatic rings. The normalized spacial score (nSPS) is 27.2. The fourth-order valence-electron chi connectivity index (χ4n) is 2.54. The number of aromatic nitrogens is 2. The molecule has 90 valence electrons. The number of hydrogen-bond acceptors (Lipinski definition) is 5. The van der Waals surface area contributed by atoms with Gasteiger partial charge in [-0.3, -0.25) is 0 Å². The molecule has 0 saturated carbocycles. The van der Waals surface area contributed by atoms with E-state index in [4.69, 9.17) is 22.7 Å². The van der Waals surface area contributed by atoms with Crippen molar-refractivity contribution in [3.8, 4) is 0 Å². The first-order valence-electron chi connectivity index (χ1n) is 5.76. The molecule has 0 aromatic carbocycles. The first-order valence-corrected chi connectivity index (χ1v) is 6.17. The number of nitrogens with two attached hydrogens (primary N) is 1. The zero-order chi connectivity index (χ0) is 11.8. The monoisotopic (exact) mass is 250 g/mol. The summed E-state index contributed by atoms with van der Waals surface area (Å²) in [6.07, 6.45) is 4.51. The minimum absolute atomic E-state index is 0.315. The van der Waals surface area contributed by atoms with Gasteiger partial charge in [-0.1, -0.05) is 12.2 Å². The van der Waals surface area contributed by atoms with E-state index < -0.39 is 0 Å². The lowest BCUT2D eigenvalue weighted by atomic mass is 10.2. The van der Waals surface area contributed by atoms with Gasteiger partial charge in [-0.25, -0.2) is 0 Å². The van der Waals surface area contributed by atoms with E-state index in [1.54, 1.807) is 6.20 Å². The topological polar surface area (TPSA) is 64.3 Å². The van der Waals surface area contributed by atoms with Gasteiger partial charge >= 0.3 is 0 Å². The molecule has 0 amide bonds. The van der Waals surface area contributed by atoms with Gasteiger partial charge in [0.05, 0.1) is 24.0 Å². The van der Waals surface area contributed by atoms with Crippen molar-refractivity contribution in [2.45, 2.75) is 25.0 Å². The molecule has 2 atom stereocenters. The Bertz CT molecular complexity index is 441. The predicted molar refractivity (Wildman–Crippen MR) is 68.0 cm³/mol. The van der Waals surface area contributed by atoms with Crippen LogP contribution in [0.2, 0.25) is 0 Å². The Hall–Kier alpha value is -1.27. The summed E-state index contributed by atoms with van der Waals surface area (Å²) >= 11 is 5.05. The van der Waals surface area contributed by atoms with Crippen LogP contribution in [0.4, 0.5) is 5.82 Å². The van der Waals surface area contributed by atoms with Crippen LogP contribution in [0.25, 0.3) is 0 Å². The average molecular weight is 250 g/mol. The van der Waals surface area contributed by atoms with Crippen molar-refractivity contribution in [1.29, 1.82) is 0 Å². The van der Waals surface area contributed by atoms with Crippen molar-refractivity contribution < 1.29 is 4.74 Å². The molecule has 2 fully saturated rings. The van der Waals surface area contributed by atoms with E-state index in [0.717, 1.165) is 37.3 Å². The third kappa shape index (κ3) is 1.98. The zero-order valence-corrected chi connectivity index (χ0v) is 10.2. The van der Waals surface area contributed by atoms with Crippen molar-refractivity contribution in [2.24, 2.45) is 5.73 Å². The molecule has 2 saturated heterocycles. The summed E-state index contributed by atoms with van der Waals surface area (Å²) in [5, 5.41) is 8.10. The van der Waals surface area contributed by atoms with Crippen molar-refractivity contribution in [3.63, 3.8) is 0 Å². The molecule has 3 heterocycles. The maximum Gasteiger partial charge on any atom is 0.161 e. The average Bonchev–Trinajstić information content (AvgIpc) is 2.68. The molecule has 3 rings (SSSR count). The minimum Gasteiger partial charge on any atom is -0.389 e. The van der Waals surface area contributed by atoms with Crippen LogP contribution >= 0.6 is 12.2 Å². The number of ether oxygens (including phenoxy) is 1. The Kier molecular flexibility index (Phi) is 2.68. The highest BCUT2D eigenvalue weighted by Crippen LogP contribution is 2.29. The van der Waals surface area contributed by atoms with Crippen LogP contribution in [0.5, 0.6) is 0 Å². The summed E-state index contributed by atoms with van der Waals surface area (Å²) in [7, 11) is 0. The molecule has 0 radical (unpaired) electrons. The smallest absolute Gasteiger partial charge is 0.161 e. The highest BCUT2D eigenvalue weighted by molar-refractivity contribution is 7.80. The lowest BCUT2D eigenvalue weighted by Crippen LogP contribution is -2.44. The third-order valence-corrected chi connectivity index (χ3v) is 3.53. The van der Waals surface area contributed by atoms with Crippen molar-refractivity contribution in [1.82, 2.24) is 10.2 Å². The Morgan fingerprint density at radius 3 is 2.76 bits per heavy atom. The molecular formula is C11H14N4OS. The second-order valence-electron chi connectivity index (χ2n) is 4.50. The number of hydrogen-bond donors (Lipinski definition) is 1. The molecule has 6 heteroatoms. The first kappa shape index (κ1) is 10.9. The fourth-order valence-corrected chi connectivity index (χ4v) is 2.70. The van der Waals surface area contributed by atoms with Gasteiger partial charge in [0, 0.05) is 13.1 Å². The van der Waals surface area contributed by atoms with Gasteiger partial charge in [-0.15, -0.1) is 5.10 Å². The molecule has 1 aromatic heterocycles. The molecular weight excluding hydrogens is 236 g/mol. The van der Waals surface area contributed by atoms with Crippen LogP contribution in [0, 0.1) is 0 Å². The molecule has 2 bridgehead atoms. The number of anilines is 1. The number of morpholine rings is 1. The van der Waals surface area contributed by atoms with E-state index in [2.05, 4.69) is 15.1 Å². The molecule has 0 aliphatic carbocycles. The van der Waals surface area contributed by atoms with E-state index in [0.29, 0.717) is 17.2 Å². The van der Waals surface area contributed by atoms with Gasteiger partial charge in [-0.2, -0.15) is 5.10 Å². The first-order chi connectivity index (χ1) is 8.24. The zero-order valence-electron chi connectivity index (χ0n) is 9.37. The van der Waals surface area contributed by atoms with Crippen LogP contribution in [0.15, 0.2) is 12.3 Å². The van der Waals surface area contributed by atoms with Gasteiger partial charge in [0.1, 0.15) is 4.99 Å². The van der Waals surface area contributed by atoms with Crippen LogP contribution < -0.4 is 10.6 Å². The standard InChI is InChI=1S/C11H14N4OS/c12-10(17)9-3-4-13-14-11(9)15-5-7-1-2-8(6-15)16-7/h3-4,7-8H,1-2,5-6H2,(H2,12,17). The molecule has 0 spiro atoms. The molecule has 2 N–H and O–H groups in total. The summed E-state index contributed by atoms with van der Waals surface area (Å²) < 4.78 is 5.80. The number of nitrogens with zero attached hydrogens (tertiary/aromatic N) is 3. The lowest BCUT2D eigenvalue weighted by Gasteiger charge is -2.33. The van der Waals surface area contributed by atoms with E-state index in [9.17, 15) is 0 Å². The Labute approximate surface area is 105 Å². The van der Waals surface area contributed by atoms with E-state index in [1.165, 1.54) is 0 Å². The van der Waals surface area contributed by atoms with E-state index in [-0.39, 0.29) is 0 Å². The van der Waals surface area contributed by atoms with Crippen LogP contribution in [-0.4, -0.2) is 40.5 Å². The minimum atomic E-state index is 0.315. The highest BCUT2D eigenvalue weighted by atomic mass is 32.1. The quantitative estimate of drug-likeness (QED) is 0.770. The Morgan fingerprint density at radius 2 is 2.12 bits per heavy atom. The second-order valence-corrected chi connectivity index (χ2v) is 4.93. The van der Waals surface area contributed by atoms with Crippen LogP contribution in [-0.2, 0) is 4.74 Å².